The molecule has 0 bridgehead atoms. The molecule has 168 valence electrons. The molecule has 1 heterocycles. The lowest BCUT2D eigenvalue weighted by Gasteiger charge is -2.67. The number of hydrogen-bond donors (Lipinski definition) is 2. The highest BCUT2D eigenvalue weighted by Gasteiger charge is 2.65. The Morgan fingerprint density at radius 1 is 0.967 bits per heavy atom. The van der Waals surface area contributed by atoms with Crippen molar-refractivity contribution in [2.24, 2.45) is 51.8 Å². The second-order valence-electron chi connectivity index (χ2n) is 12.6. The number of hydrogen-bond acceptors (Lipinski definition) is 4. The molecule has 6 rings (SSSR count). The van der Waals surface area contributed by atoms with Gasteiger partial charge >= 0.3 is 0 Å². The molecule has 30 heavy (non-hydrogen) atoms. The summed E-state index contributed by atoms with van der Waals surface area (Å²) in [4.78, 5) is 5.73. The van der Waals surface area contributed by atoms with Crippen molar-refractivity contribution in [3.05, 3.63) is 11.3 Å². The maximum Gasteiger partial charge on any atom is 0.131 e. The van der Waals surface area contributed by atoms with Crippen molar-refractivity contribution in [1.82, 2.24) is 5.23 Å². The average Bonchev–Trinajstić information content (AvgIpc) is 3.31. The monoisotopic (exact) mass is 415 g/mol. The summed E-state index contributed by atoms with van der Waals surface area (Å²) < 4.78 is 0. The number of allylic oxidation sites excluding steroid dienone is 1. The van der Waals surface area contributed by atoms with E-state index in [4.69, 9.17) is 4.84 Å². The molecule has 4 heteroatoms. The first-order valence-corrected chi connectivity index (χ1v) is 12.8. The summed E-state index contributed by atoms with van der Waals surface area (Å²) in [6.45, 7) is 8.59. The normalized spacial score (nSPS) is 55.2. The van der Waals surface area contributed by atoms with Gasteiger partial charge < -0.3 is 9.94 Å². The zero-order valence-electron chi connectivity index (χ0n) is 19.2. The summed E-state index contributed by atoms with van der Waals surface area (Å²) in [5.41, 5.74) is 2.38. The van der Waals surface area contributed by atoms with E-state index in [0.717, 1.165) is 41.1 Å². The Hall–Kier alpha value is -0.580. The summed E-state index contributed by atoms with van der Waals surface area (Å²) in [7, 11) is 0. The fourth-order valence-electron chi connectivity index (χ4n) is 10.7. The van der Waals surface area contributed by atoms with Gasteiger partial charge in [0.25, 0.3) is 0 Å². The van der Waals surface area contributed by atoms with Crippen LogP contribution in [0.15, 0.2) is 11.3 Å². The molecule has 0 amide bonds. The molecule has 1 aliphatic heterocycles. The Labute approximate surface area is 182 Å². The van der Waals surface area contributed by atoms with Crippen molar-refractivity contribution in [2.45, 2.75) is 85.0 Å². The van der Waals surface area contributed by atoms with Crippen LogP contribution in [0, 0.1) is 51.8 Å². The molecule has 0 radical (unpaired) electrons. The zero-order valence-corrected chi connectivity index (χ0v) is 19.2. The molecule has 0 saturated heterocycles. The van der Waals surface area contributed by atoms with E-state index in [2.05, 4.69) is 20.8 Å². The minimum absolute atomic E-state index is 0.260. The highest BCUT2D eigenvalue weighted by molar-refractivity contribution is 5.26. The second kappa shape index (κ2) is 6.48. The minimum atomic E-state index is 0.260. The Morgan fingerprint density at radius 2 is 1.77 bits per heavy atom. The molecule has 0 aromatic carbocycles. The molecular formula is C26H41NO3. The van der Waals surface area contributed by atoms with Gasteiger partial charge in [-0.05, 0) is 114 Å². The summed E-state index contributed by atoms with van der Waals surface area (Å²) in [6, 6.07) is 0. The third-order valence-electron chi connectivity index (χ3n) is 11.8. The Bertz CT molecular complexity index is 765. The molecule has 9 atom stereocenters. The summed E-state index contributed by atoms with van der Waals surface area (Å²) in [5, 5.41) is 21.4. The van der Waals surface area contributed by atoms with Gasteiger partial charge in [0.15, 0.2) is 0 Å². The topological polar surface area (TPSA) is 52.9 Å². The smallest absolute Gasteiger partial charge is 0.131 e. The van der Waals surface area contributed by atoms with Crippen molar-refractivity contribution in [1.29, 1.82) is 0 Å². The predicted molar refractivity (Wildman–Crippen MR) is 115 cm³/mol. The summed E-state index contributed by atoms with van der Waals surface area (Å²) in [6.07, 6.45) is 13.1. The fourth-order valence-corrected chi connectivity index (χ4v) is 10.7. The molecule has 0 aromatic rings. The Kier molecular flexibility index (Phi) is 4.33. The van der Waals surface area contributed by atoms with Gasteiger partial charge in [0.2, 0.25) is 0 Å². The van der Waals surface area contributed by atoms with Crippen molar-refractivity contribution in [2.75, 3.05) is 13.2 Å². The van der Waals surface area contributed by atoms with Gasteiger partial charge in [-0.1, -0.05) is 27.2 Å². The number of aliphatic hydroxyl groups is 1. The highest BCUT2D eigenvalue weighted by atomic mass is 16.9. The van der Waals surface area contributed by atoms with Gasteiger partial charge in [-0.25, -0.2) is 0 Å². The van der Waals surface area contributed by atoms with Gasteiger partial charge in [0.1, 0.15) is 5.76 Å². The van der Waals surface area contributed by atoms with Crippen LogP contribution in [-0.2, 0) is 4.84 Å². The van der Waals surface area contributed by atoms with Crippen LogP contribution < -0.4 is 0 Å². The van der Waals surface area contributed by atoms with Gasteiger partial charge in [0, 0.05) is 12.5 Å². The zero-order chi connectivity index (χ0) is 20.9. The van der Waals surface area contributed by atoms with E-state index in [1.807, 2.05) is 0 Å². The fraction of sp³-hybridized carbons (Fsp3) is 0.923. The van der Waals surface area contributed by atoms with E-state index in [1.165, 1.54) is 63.4 Å². The molecule has 0 spiro atoms. The number of nitrogens with zero attached hydrogens (tertiary/aromatic N) is 1. The van der Waals surface area contributed by atoms with E-state index in [1.54, 1.807) is 0 Å². The molecule has 0 aromatic heterocycles. The van der Waals surface area contributed by atoms with Crippen molar-refractivity contribution < 1.29 is 15.2 Å². The molecule has 5 aliphatic carbocycles. The first-order chi connectivity index (χ1) is 14.3. The van der Waals surface area contributed by atoms with Crippen LogP contribution in [0.3, 0.4) is 0 Å². The standard InChI is InChI=1S/C26H41NO3/c1-16-19-8-11-24(2)20-9-12-26(15-28)10-4-5-21(26)18(20)6-7-22(24)25(19,3)13-17-14-27(29)30-23(16)17/h16,18-22,28-29H,4-15H2,1-3H3. The van der Waals surface area contributed by atoms with E-state index in [-0.39, 0.29) is 5.41 Å². The maximum absolute atomic E-state index is 10.3. The largest absolute Gasteiger partial charge is 0.396 e. The molecule has 9 unspecified atom stereocenters. The molecule has 4 saturated carbocycles. The summed E-state index contributed by atoms with van der Waals surface area (Å²) in [5.74, 6) is 5.40. The number of fused-ring (bicyclic) bond motifs is 7. The van der Waals surface area contributed by atoms with Crippen LogP contribution in [-0.4, -0.2) is 28.7 Å². The molecule has 4 fully saturated rings. The van der Waals surface area contributed by atoms with Crippen molar-refractivity contribution in [3.63, 3.8) is 0 Å². The predicted octanol–water partition coefficient (Wildman–Crippen LogP) is 5.55. The minimum Gasteiger partial charge on any atom is -0.396 e. The van der Waals surface area contributed by atoms with Crippen molar-refractivity contribution >= 4 is 0 Å². The lowest BCUT2D eigenvalue weighted by molar-refractivity contribution is -0.303. The van der Waals surface area contributed by atoms with E-state index in [0.29, 0.717) is 35.8 Å². The van der Waals surface area contributed by atoms with Crippen LogP contribution in [0.25, 0.3) is 0 Å². The van der Waals surface area contributed by atoms with E-state index >= 15 is 0 Å². The number of aliphatic hydroxyl groups excluding tert-OH is 1. The lowest BCUT2D eigenvalue weighted by atomic mass is 9.38. The Morgan fingerprint density at radius 3 is 2.57 bits per heavy atom. The maximum atomic E-state index is 10.3. The highest BCUT2D eigenvalue weighted by Crippen LogP contribution is 2.72. The van der Waals surface area contributed by atoms with Crippen LogP contribution in [0.5, 0.6) is 0 Å². The quantitative estimate of drug-likeness (QED) is 0.589. The first-order valence-electron chi connectivity index (χ1n) is 12.8. The van der Waals surface area contributed by atoms with Gasteiger partial charge in [-0.2, -0.15) is 0 Å². The molecular weight excluding hydrogens is 374 g/mol. The van der Waals surface area contributed by atoms with Gasteiger partial charge in [-0.3, -0.25) is 5.21 Å². The molecule has 4 nitrogen and oxygen atoms in total. The van der Waals surface area contributed by atoms with E-state index in [9.17, 15) is 10.3 Å². The number of rotatable bonds is 1. The van der Waals surface area contributed by atoms with Crippen LogP contribution >= 0.6 is 0 Å². The van der Waals surface area contributed by atoms with Crippen LogP contribution in [0.1, 0.15) is 85.0 Å². The SMILES string of the molecule is CC1C2=C(CN(O)O2)CC2(C)C1CCC1(C)C3CCC4(CO)CCCC4C3CCC21. The summed E-state index contributed by atoms with van der Waals surface area (Å²) >= 11 is 0. The van der Waals surface area contributed by atoms with Crippen molar-refractivity contribution in [3.8, 4) is 0 Å². The Balaban J connectivity index is 1.34. The van der Waals surface area contributed by atoms with Crippen LogP contribution in [0.4, 0.5) is 0 Å². The van der Waals surface area contributed by atoms with Crippen LogP contribution in [0.2, 0.25) is 0 Å². The average molecular weight is 416 g/mol. The van der Waals surface area contributed by atoms with Gasteiger partial charge in [-0.15, -0.1) is 0 Å². The number of hydroxylamine groups is 2. The lowest BCUT2D eigenvalue weighted by Crippen LogP contribution is -2.60. The molecule has 6 aliphatic rings. The second-order valence-corrected chi connectivity index (χ2v) is 12.6. The van der Waals surface area contributed by atoms with Gasteiger partial charge in [0.05, 0.1) is 6.54 Å². The third kappa shape index (κ3) is 2.39. The van der Waals surface area contributed by atoms with E-state index < -0.39 is 0 Å². The first kappa shape index (κ1) is 20.1. The molecule has 2 N–H and O–H groups in total. The third-order valence-corrected chi connectivity index (χ3v) is 11.8.